The standard InChI is InChI=1S/C32H41N11O6/c1-5-34-28(46)24-22(44)23(45)30(49-24)43-16-36-20-25(33)38-31(39-26(20)43)35-15-14-18-10-8-17(9-11-18)12-13-19-37-27-21(40(19)4)29(47)42(7-3)32(48)41(27)6-2/h8-13,16,22-24,30,32,44-45,48H,5-7,14-15H2,1-4H3,(H,34,46)(H3,33,35,38,39)/b13-12+/t22-,23+,24?,30+,32?/m0/s1. The van der Waals surface area contributed by atoms with Gasteiger partial charge >= 0.3 is 0 Å². The summed E-state index contributed by atoms with van der Waals surface area (Å²) in [6, 6.07) is 7.97. The monoisotopic (exact) mass is 675 g/mol. The summed E-state index contributed by atoms with van der Waals surface area (Å²) in [6.07, 6.45) is -0.473. The van der Waals surface area contributed by atoms with Crippen LogP contribution in [0.1, 0.15) is 54.4 Å². The van der Waals surface area contributed by atoms with Crippen molar-refractivity contribution in [2.24, 2.45) is 7.05 Å². The molecule has 49 heavy (non-hydrogen) atoms. The summed E-state index contributed by atoms with van der Waals surface area (Å²) in [4.78, 5) is 46.2. The lowest BCUT2D eigenvalue weighted by Gasteiger charge is -2.39. The molecule has 5 atom stereocenters. The van der Waals surface area contributed by atoms with Gasteiger partial charge in [0.05, 0.1) is 6.33 Å². The second kappa shape index (κ2) is 13.8. The maximum absolute atomic E-state index is 13.0. The highest BCUT2D eigenvalue weighted by molar-refractivity contribution is 6.00. The van der Waals surface area contributed by atoms with Crippen molar-refractivity contribution in [3.8, 4) is 0 Å². The maximum atomic E-state index is 13.0. The van der Waals surface area contributed by atoms with Gasteiger partial charge in [-0.15, -0.1) is 0 Å². The van der Waals surface area contributed by atoms with Crippen LogP contribution in [0.3, 0.4) is 0 Å². The number of aliphatic hydroxyl groups excluding tert-OH is 3. The highest BCUT2D eigenvalue weighted by Gasteiger charge is 2.47. The summed E-state index contributed by atoms with van der Waals surface area (Å²) in [5.74, 6) is 0.646. The summed E-state index contributed by atoms with van der Waals surface area (Å²) in [7, 11) is 1.79. The predicted octanol–water partition coefficient (Wildman–Crippen LogP) is 0.300. The van der Waals surface area contributed by atoms with E-state index in [1.54, 1.807) is 23.4 Å². The molecular weight excluding hydrogens is 634 g/mol. The van der Waals surface area contributed by atoms with Crippen molar-refractivity contribution in [1.82, 2.24) is 39.3 Å². The molecule has 0 spiro atoms. The molecule has 5 heterocycles. The molecule has 1 saturated heterocycles. The number of nitrogen functional groups attached to an aromatic ring is 1. The minimum atomic E-state index is -1.44. The van der Waals surface area contributed by atoms with E-state index in [-0.39, 0.29) is 23.3 Å². The summed E-state index contributed by atoms with van der Waals surface area (Å²) < 4.78 is 8.91. The Morgan fingerprint density at radius 3 is 2.45 bits per heavy atom. The van der Waals surface area contributed by atoms with Crippen LogP contribution in [0, 0.1) is 0 Å². The Kier molecular flexibility index (Phi) is 9.51. The Bertz CT molecular complexity index is 1870. The first-order valence-corrected chi connectivity index (χ1v) is 16.2. The topological polar surface area (TPSA) is 222 Å². The number of anilines is 3. The lowest BCUT2D eigenvalue weighted by atomic mass is 10.1. The number of nitrogens with one attached hydrogen (secondary N) is 2. The number of aliphatic hydroxyl groups is 3. The summed E-state index contributed by atoms with van der Waals surface area (Å²) >= 11 is 0. The Hall–Kier alpha value is -5.10. The van der Waals surface area contributed by atoms with Gasteiger partial charge in [0.1, 0.15) is 23.5 Å². The first kappa shape index (κ1) is 33.8. The SMILES string of the molecule is CCNC(=O)C1O[C@@H](n2cnc3c(N)nc(NCCc4ccc(/C=C/c5nc6c(n5C)C(=O)N(CC)C(O)N6CC)cc4)nc32)[C@H](O)[C@@H]1O. The third-order valence-electron chi connectivity index (χ3n) is 8.76. The molecule has 3 aromatic heterocycles. The number of carbonyl (C=O) groups is 2. The predicted molar refractivity (Wildman–Crippen MR) is 181 cm³/mol. The molecule has 17 heteroatoms. The number of hydrogen-bond donors (Lipinski definition) is 6. The van der Waals surface area contributed by atoms with E-state index in [4.69, 9.17) is 10.5 Å². The Morgan fingerprint density at radius 1 is 1.02 bits per heavy atom. The molecule has 260 valence electrons. The van der Waals surface area contributed by atoms with Crippen LogP contribution in [0.5, 0.6) is 0 Å². The maximum Gasteiger partial charge on any atom is 0.277 e. The average Bonchev–Trinajstić information content (AvgIpc) is 3.74. The van der Waals surface area contributed by atoms with Gasteiger partial charge in [-0.3, -0.25) is 19.1 Å². The zero-order valence-electron chi connectivity index (χ0n) is 27.7. The summed E-state index contributed by atoms with van der Waals surface area (Å²) in [6.45, 7) is 7.19. The number of aromatic nitrogens is 6. The molecule has 1 fully saturated rings. The van der Waals surface area contributed by atoms with Crippen molar-refractivity contribution in [1.29, 1.82) is 0 Å². The largest absolute Gasteiger partial charge is 0.387 e. The molecule has 17 nitrogen and oxygen atoms in total. The number of nitrogens with zero attached hydrogens (tertiary/aromatic N) is 8. The number of likely N-dealkylation sites (N-methyl/N-ethyl adjacent to an activating group) is 1. The van der Waals surface area contributed by atoms with Crippen LogP contribution < -0.4 is 21.3 Å². The van der Waals surface area contributed by atoms with Crippen LogP contribution in [0.25, 0.3) is 23.3 Å². The van der Waals surface area contributed by atoms with Gasteiger partial charge in [-0.2, -0.15) is 9.97 Å². The minimum Gasteiger partial charge on any atom is -0.387 e. The van der Waals surface area contributed by atoms with Crippen LogP contribution in [-0.4, -0.2) is 112 Å². The second-order valence-electron chi connectivity index (χ2n) is 11.8. The van der Waals surface area contributed by atoms with Crippen LogP contribution in [0.2, 0.25) is 0 Å². The van der Waals surface area contributed by atoms with E-state index in [1.807, 2.05) is 50.3 Å². The molecule has 7 N–H and O–H groups in total. The highest BCUT2D eigenvalue weighted by atomic mass is 16.6. The lowest BCUT2D eigenvalue weighted by molar-refractivity contribution is -0.137. The van der Waals surface area contributed by atoms with Crippen molar-refractivity contribution in [2.75, 3.05) is 42.1 Å². The van der Waals surface area contributed by atoms with E-state index in [1.165, 1.54) is 15.8 Å². The molecule has 4 aromatic rings. The molecule has 2 amide bonds. The van der Waals surface area contributed by atoms with Gasteiger partial charge in [-0.1, -0.05) is 30.3 Å². The van der Waals surface area contributed by atoms with Crippen LogP contribution in [0.4, 0.5) is 17.6 Å². The van der Waals surface area contributed by atoms with Crippen molar-refractivity contribution < 1.29 is 29.6 Å². The number of hydrogen-bond acceptors (Lipinski definition) is 13. The fourth-order valence-electron chi connectivity index (χ4n) is 6.10. The van der Waals surface area contributed by atoms with Crippen molar-refractivity contribution in [3.05, 3.63) is 53.2 Å². The van der Waals surface area contributed by atoms with E-state index < -0.39 is 36.8 Å². The second-order valence-corrected chi connectivity index (χ2v) is 11.8. The van der Waals surface area contributed by atoms with Gasteiger partial charge in [0.25, 0.3) is 11.8 Å². The molecule has 0 radical (unpaired) electrons. The fraction of sp³-hybridized carbons (Fsp3) is 0.438. The van der Waals surface area contributed by atoms with Gasteiger partial charge in [0, 0.05) is 33.2 Å². The van der Waals surface area contributed by atoms with Crippen molar-refractivity contribution in [3.63, 3.8) is 0 Å². The van der Waals surface area contributed by atoms with Gasteiger partial charge in [0.15, 0.2) is 35.3 Å². The van der Waals surface area contributed by atoms with E-state index >= 15 is 0 Å². The Morgan fingerprint density at radius 2 is 1.76 bits per heavy atom. The zero-order chi connectivity index (χ0) is 35.0. The molecule has 2 aliphatic rings. The molecule has 2 aliphatic heterocycles. The van der Waals surface area contributed by atoms with Gasteiger partial charge in [0.2, 0.25) is 12.3 Å². The third-order valence-corrected chi connectivity index (χ3v) is 8.76. The molecule has 0 saturated carbocycles. The van der Waals surface area contributed by atoms with Crippen LogP contribution in [-0.2, 0) is 23.0 Å². The van der Waals surface area contributed by atoms with Gasteiger partial charge in [-0.05, 0) is 44.4 Å². The average molecular weight is 676 g/mol. The number of amides is 2. The number of rotatable bonds is 11. The summed E-state index contributed by atoms with van der Waals surface area (Å²) in [5, 5.41) is 37.6. The highest BCUT2D eigenvalue weighted by Crippen LogP contribution is 2.33. The smallest absolute Gasteiger partial charge is 0.277 e. The number of imidazole rings is 2. The first-order chi connectivity index (χ1) is 23.6. The molecule has 6 rings (SSSR count). The molecular formula is C32H41N11O6. The quantitative estimate of drug-likeness (QED) is 0.126. The lowest BCUT2D eigenvalue weighted by Crippen LogP contribution is -2.55. The van der Waals surface area contributed by atoms with Gasteiger partial charge < -0.3 is 45.9 Å². The summed E-state index contributed by atoms with van der Waals surface area (Å²) in [5.41, 5.74) is 9.18. The van der Waals surface area contributed by atoms with Crippen molar-refractivity contribution >= 4 is 52.7 Å². The number of nitrogens with two attached hydrogens (primary N) is 1. The number of benzene rings is 1. The fourth-order valence-corrected chi connectivity index (χ4v) is 6.10. The van der Waals surface area contributed by atoms with E-state index in [0.29, 0.717) is 55.5 Å². The number of ether oxygens (including phenoxy) is 1. The third kappa shape index (κ3) is 6.16. The van der Waals surface area contributed by atoms with Crippen molar-refractivity contribution in [2.45, 2.75) is 58.1 Å². The molecule has 2 unspecified atom stereocenters. The normalized spacial score (nSPS) is 22.3. The molecule has 0 aliphatic carbocycles. The van der Waals surface area contributed by atoms with Crippen LogP contribution >= 0.6 is 0 Å². The van der Waals surface area contributed by atoms with E-state index in [0.717, 1.165) is 11.1 Å². The molecule has 0 bridgehead atoms. The molecule has 1 aromatic carbocycles. The van der Waals surface area contributed by atoms with E-state index in [2.05, 4.69) is 30.6 Å². The zero-order valence-corrected chi connectivity index (χ0v) is 27.7. The Labute approximate surface area is 282 Å². The minimum absolute atomic E-state index is 0.120. The van der Waals surface area contributed by atoms with E-state index in [9.17, 15) is 24.9 Å². The van der Waals surface area contributed by atoms with Crippen LogP contribution in [0.15, 0.2) is 30.6 Å². The number of carbonyl (C=O) groups excluding carboxylic acids is 2. The first-order valence-electron chi connectivity index (χ1n) is 16.2. The number of fused-ring (bicyclic) bond motifs is 2. The van der Waals surface area contributed by atoms with Gasteiger partial charge in [-0.25, -0.2) is 9.97 Å². The Balaban J connectivity index is 1.10.